The van der Waals surface area contributed by atoms with Gasteiger partial charge in [-0.25, -0.2) is 0 Å². The normalized spacial score (nSPS) is 13.6. The van der Waals surface area contributed by atoms with Crippen LogP contribution in [-0.4, -0.2) is 11.8 Å². The topological polar surface area (TPSA) is 29.1 Å². The summed E-state index contributed by atoms with van der Waals surface area (Å²) in [7, 11) is 0. The molecule has 0 fully saturated rings. The fourth-order valence-electron chi connectivity index (χ4n) is 1.95. The Morgan fingerprint density at radius 3 is 2.30 bits per heavy atom. The van der Waals surface area contributed by atoms with Crippen LogP contribution in [0.3, 0.4) is 0 Å². The van der Waals surface area contributed by atoms with Crippen molar-refractivity contribution in [2.45, 2.75) is 12.5 Å². The predicted octanol–water partition coefficient (Wildman–Crippen LogP) is 4.22. The Bertz CT molecular complexity index is 600. The van der Waals surface area contributed by atoms with E-state index in [2.05, 4.69) is 5.32 Å². The van der Waals surface area contributed by atoms with Gasteiger partial charge in [-0.15, -0.1) is 11.6 Å². The van der Waals surface area contributed by atoms with Gasteiger partial charge in [0.25, 0.3) is 5.91 Å². The third-order valence-corrected chi connectivity index (χ3v) is 4.05. The van der Waals surface area contributed by atoms with Crippen LogP contribution < -0.4 is 5.32 Å². The third-order valence-electron chi connectivity index (χ3n) is 3.19. The van der Waals surface area contributed by atoms with Crippen molar-refractivity contribution in [3.8, 4) is 0 Å². The first kappa shape index (κ1) is 14.9. The minimum absolute atomic E-state index is 0.234. The summed E-state index contributed by atoms with van der Waals surface area (Å²) in [4.78, 5) is 12.4. The summed E-state index contributed by atoms with van der Waals surface area (Å²) >= 11 is 12.1. The largest absolute Gasteiger partial charge is 0.342 e. The molecule has 0 aliphatic rings. The molecule has 0 aromatic heterocycles. The quantitative estimate of drug-likeness (QED) is 0.842. The van der Waals surface area contributed by atoms with Crippen LogP contribution in [0.25, 0.3) is 0 Å². The standard InChI is InChI=1S/C16H15Cl2NO/c1-16(11-17,12-7-3-2-4-8-12)19-15(20)13-9-5-6-10-14(13)18/h2-10H,11H2,1H3,(H,19,20). The maximum atomic E-state index is 12.4. The second kappa shape index (κ2) is 6.29. The molecule has 2 aromatic rings. The molecule has 1 N–H and O–H groups in total. The number of amides is 1. The smallest absolute Gasteiger partial charge is 0.253 e. The molecule has 1 unspecified atom stereocenters. The molecule has 2 nitrogen and oxygen atoms in total. The summed E-state index contributed by atoms with van der Waals surface area (Å²) in [6, 6.07) is 16.6. The molecule has 0 radical (unpaired) electrons. The summed E-state index contributed by atoms with van der Waals surface area (Å²) in [5.74, 6) is 0.0373. The summed E-state index contributed by atoms with van der Waals surface area (Å²) in [5, 5.41) is 3.39. The summed E-state index contributed by atoms with van der Waals surface area (Å²) in [5.41, 5.74) is 0.760. The Balaban J connectivity index is 2.27. The Labute approximate surface area is 128 Å². The molecule has 0 bridgehead atoms. The number of carbonyl (C=O) groups is 1. The van der Waals surface area contributed by atoms with Crippen LogP contribution in [0.2, 0.25) is 5.02 Å². The van der Waals surface area contributed by atoms with E-state index in [0.717, 1.165) is 5.56 Å². The van der Waals surface area contributed by atoms with Crippen molar-refractivity contribution in [3.63, 3.8) is 0 Å². The Morgan fingerprint density at radius 2 is 1.70 bits per heavy atom. The molecule has 1 amide bonds. The van der Waals surface area contributed by atoms with Crippen molar-refractivity contribution in [2.24, 2.45) is 0 Å². The molecule has 0 saturated heterocycles. The summed E-state index contributed by atoms with van der Waals surface area (Å²) < 4.78 is 0. The number of nitrogens with one attached hydrogen (secondary N) is 1. The molecule has 1 atom stereocenters. The van der Waals surface area contributed by atoms with Crippen LogP contribution in [0.1, 0.15) is 22.8 Å². The van der Waals surface area contributed by atoms with Gasteiger partial charge < -0.3 is 5.32 Å². The van der Waals surface area contributed by atoms with E-state index in [4.69, 9.17) is 23.2 Å². The van der Waals surface area contributed by atoms with Gasteiger partial charge in [-0.1, -0.05) is 54.1 Å². The average Bonchev–Trinajstić information content (AvgIpc) is 2.48. The predicted molar refractivity (Wildman–Crippen MR) is 83.4 cm³/mol. The maximum Gasteiger partial charge on any atom is 0.253 e. The molecule has 0 saturated carbocycles. The molecule has 0 spiro atoms. The number of hydrogen-bond donors (Lipinski definition) is 1. The lowest BCUT2D eigenvalue weighted by Crippen LogP contribution is -2.45. The van der Waals surface area contributed by atoms with E-state index in [0.29, 0.717) is 10.6 Å². The van der Waals surface area contributed by atoms with Crippen molar-refractivity contribution in [1.29, 1.82) is 0 Å². The molecule has 4 heteroatoms. The van der Waals surface area contributed by atoms with Crippen LogP contribution in [-0.2, 0) is 5.54 Å². The second-order valence-electron chi connectivity index (χ2n) is 4.77. The minimum atomic E-state index is -0.640. The number of alkyl halides is 1. The average molecular weight is 308 g/mol. The fourth-order valence-corrected chi connectivity index (χ4v) is 2.39. The number of halogens is 2. The first-order chi connectivity index (χ1) is 9.57. The van der Waals surface area contributed by atoms with E-state index in [9.17, 15) is 4.79 Å². The van der Waals surface area contributed by atoms with E-state index in [1.54, 1.807) is 24.3 Å². The van der Waals surface area contributed by atoms with Gasteiger partial charge in [-0.3, -0.25) is 4.79 Å². The highest BCUT2D eigenvalue weighted by atomic mass is 35.5. The highest BCUT2D eigenvalue weighted by Crippen LogP contribution is 2.24. The zero-order valence-corrected chi connectivity index (χ0v) is 12.6. The highest BCUT2D eigenvalue weighted by molar-refractivity contribution is 6.33. The Morgan fingerprint density at radius 1 is 1.10 bits per heavy atom. The second-order valence-corrected chi connectivity index (χ2v) is 5.44. The minimum Gasteiger partial charge on any atom is -0.342 e. The molecular weight excluding hydrogens is 293 g/mol. The van der Waals surface area contributed by atoms with Crippen molar-refractivity contribution in [3.05, 3.63) is 70.7 Å². The van der Waals surface area contributed by atoms with Gasteiger partial charge in [0.15, 0.2) is 0 Å². The monoisotopic (exact) mass is 307 g/mol. The lowest BCUT2D eigenvalue weighted by molar-refractivity contribution is 0.0913. The van der Waals surface area contributed by atoms with Gasteiger partial charge >= 0.3 is 0 Å². The van der Waals surface area contributed by atoms with E-state index in [1.807, 2.05) is 37.3 Å². The number of hydrogen-bond acceptors (Lipinski definition) is 1. The van der Waals surface area contributed by atoms with Crippen molar-refractivity contribution in [2.75, 3.05) is 5.88 Å². The van der Waals surface area contributed by atoms with E-state index < -0.39 is 5.54 Å². The molecular formula is C16H15Cl2NO. The molecule has 0 aliphatic carbocycles. The van der Waals surface area contributed by atoms with Gasteiger partial charge in [-0.2, -0.15) is 0 Å². The summed E-state index contributed by atoms with van der Waals surface area (Å²) in [6.07, 6.45) is 0. The van der Waals surface area contributed by atoms with Crippen LogP contribution in [0.15, 0.2) is 54.6 Å². The van der Waals surface area contributed by atoms with Gasteiger partial charge in [0, 0.05) is 5.88 Å². The zero-order valence-electron chi connectivity index (χ0n) is 11.1. The molecule has 0 aliphatic heterocycles. The van der Waals surface area contributed by atoms with Crippen LogP contribution in [0, 0.1) is 0 Å². The number of carbonyl (C=O) groups excluding carboxylic acids is 1. The summed E-state index contributed by atoms with van der Waals surface area (Å²) in [6.45, 7) is 1.89. The van der Waals surface area contributed by atoms with E-state index in [-0.39, 0.29) is 11.8 Å². The van der Waals surface area contributed by atoms with Crippen LogP contribution >= 0.6 is 23.2 Å². The third kappa shape index (κ3) is 3.14. The number of rotatable bonds is 4. The van der Waals surface area contributed by atoms with Crippen molar-refractivity contribution >= 4 is 29.1 Å². The van der Waals surface area contributed by atoms with Gasteiger partial charge in [-0.05, 0) is 24.6 Å². The molecule has 104 valence electrons. The maximum absolute atomic E-state index is 12.4. The van der Waals surface area contributed by atoms with Crippen LogP contribution in [0.5, 0.6) is 0 Å². The van der Waals surface area contributed by atoms with E-state index >= 15 is 0 Å². The Kier molecular flexibility index (Phi) is 4.69. The molecule has 20 heavy (non-hydrogen) atoms. The number of benzene rings is 2. The lowest BCUT2D eigenvalue weighted by atomic mass is 9.93. The van der Waals surface area contributed by atoms with Crippen molar-refractivity contribution < 1.29 is 4.79 Å². The molecule has 2 aromatic carbocycles. The van der Waals surface area contributed by atoms with Gasteiger partial charge in [0.1, 0.15) is 0 Å². The SMILES string of the molecule is CC(CCl)(NC(=O)c1ccccc1Cl)c1ccccc1. The molecule has 0 heterocycles. The van der Waals surface area contributed by atoms with Crippen LogP contribution in [0.4, 0.5) is 0 Å². The van der Waals surface area contributed by atoms with Crippen molar-refractivity contribution in [1.82, 2.24) is 5.32 Å². The van der Waals surface area contributed by atoms with Gasteiger partial charge in [0.05, 0.1) is 16.1 Å². The zero-order chi connectivity index (χ0) is 14.6. The van der Waals surface area contributed by atoms with E-state index in [1.165, 1.54) is 0 Å². The molecule has 2 rings (SSSR count). The first-order valence-corrected chi connectivity index (χ1v) is 7.16. The highest BCUT2D eigenvalue weighted by Gasteiger charge is 2.28. The Hall–Kier alpha value is -1.51. The fraction of sp³-hybridized carbons (Fsp3) is 0.188. The lowest BCUT2D eigenvalue weighted by Gasteiger charge is -2.29. The van der Waals surface area contributed by atoms with Gasteiger partial charge in [0.2, 0.25) is 0 Å². The first-order valence-electron chi connectivity index (χ1n) is 6.25.